The molecule has 0 spiro atoms. The minimum atomic E-state index is -0.0582. The van der Waals surface area contributed by atoms with Crippen LogP contribution in [0.25, 0.3) is 5.69 Å². The predicted octanol–water partition coefficient (Wildman–Crippen LogP) is 3.65. The fourth-order valence-corrected chi connectivity index (χ4v) is 4.50. The van der Waals surface area contributed by atoms with Gasteiger partial charge in [0.25, 0.3) is 0 Å². The zero-order valence-electron chi connectivity index (χ0n) is 19.6. The minimum Gasteiger partial charge on any atom is -0.378 e. The highest BCUT2D eigenvalue weighted by Crippen LogP contribution is 2.36. The van der Waals surface area contributed by atoms with E-state index in [0.717, 1.165) is 42.4 Å². The van der Waals surface area contributed by atoms with Gasteiger partial charge in [0.15, 0.2) is 5.82 Å². The lowest BCUT2D eigenvalue weighted by Gasteiger charge is -2.35. The molecule has 1 atom stereocenters. The Kier molecular flexibility index (Phi) is 5.68. The molecule has 0 saturated carbocycles. The normalized spacial score (nSPS) is 16.2. The van der Waals surface area contributed by atoms with Crippen molar-refractivity contribution in [2.45, 2.75) is 38.9 Å². The number of anilines is 1. The van der Waals surface area contributed by atoms with E-state index in [1.807, 2.05) is 27.6 Å². The number of rotatable bonds is 6. The van der Waals surface area contributed by atoms with Crippen LogP contribution >= 0.6 is 0 Å². The van der Waals surface area contributed by atoms with Crippen molar-refractivity contribution in [3.8, 4) is 5.69 Å². The van der Waals surface area contributed by atoms with E-state index in [2.05, 4.69) is 95.9 Å². The first kappa shape index (κ1) is 21.3. The topological polar surface area (TPSA) is 67.9 Å². The summed E-state index contributed by atoms with van der Waals surface area (Å²) in [5.41, 5.74) is 5.76. The maximum atomic E-state index is 4.99. The summed E-state index contributed by atoms with van der Waals surface area (Å²) in [6.07, 6.45) is 2.15. The molecule has 0 amide bonds. The van der Waals surface area contributed by atoms with Gasteiger partial charge in [-0.2, -0.15) is 5.10 Å². The lowest BCUT2D eigenvalue weighted by atomic mass is 9.97. The molecule has 8 heteroatoms. The summed E-state index contributed by atoms with van der Waals surface area (Å²) in [5.74, 6) is 1.15. The Morgan fingerprint density at radius 3 is 2.45 bits per heavy atom. The SMILES string of the molecule is CC(C)c1nn(-c2ccccc2)cc1C1c2nnnn2CCN1Cc1ccc(N(C)C)cc1. The first-order valence-corrected chi connectivity index (χ1v) is 11.4. The van der Waals surface area contributed by atoms with E-state index in [1.165, 1.54) is 11.3 Å². The molecule has 0 radical (unpaired) electrons. The van der Waals surface area contributed by atoms with Crippen LogP contribution in [-0.2, 0) is 13.1 Å². The van der Waals surface area contributed by atoms with Crippen LogP contribution in [0.2, 0.25) is 0 Å². The molecular formula is C25H30N8. The second-order valence-corrected chi connectivity index (χ2v) is 9.10. The maximum absolute atomic E-state index is 4.99. The number of para-hydroxylation sites is 1. The van der Waals surface area contributed by atoms with Crippen molar-refractivity contribution in [3.05, 3.63) is 83.4 Å². The highest BCUT2D eigenvalue weighted by atomic mass is 15.6. The number of aromatic nitrogens is 6. The molecule has 4 aromatic rings. The number of fused-ring (bicyclic) bond motifs is 1. The van der Waals surface area contributed by atoms with Gasteiger partial charge in [0.1, 0.15) is 6.04 Å². The van der Waals surface area contributed by atoms with E-state index < -0.39 is 0 Å². The van der Waals surface area contributed by atoms with Crippen LogP contribution in [0.3, 0.4) is 0 Å². The Morgan fingerprint density at radius 2 is 1.76 bits per heavy atom. The van der Waals surface area contributed by atoms with Crippen molar-refractivity contribution in [2.75, 3.05) is 25.5 Å². The van der Waals surface area contributed by atoms with Crippen molar-refractivity contribution in [1.82, 2.24) is 34.9 Å². The molecule has 0 aliphatic carbocycles. The lowest BCUT2D eigenvalue weighted by molar-refractivity contribution is 0.163. The first-order chi connectivity index (χ1) is 16.0. The fraction of sp³-hybridized carbons (Fsp3) is 0.360. The van der Waals surface area contributed by atoms with Gasteiger partial charge in [-0.05, 0) is 46.2 Å². The monoisotopic (exact) mass is 442 g/mol. The van der Waals surface area contributed by atoms with Crippen molar-refractivity contribution in [3.63, 3.8) is 0 Å². The van der Waals surface area contributed by atoms with Gasteiger partial charge in [0, 0.05) is 44.6 Å². The number of tetrazole rings is 1. The van der Waals surface area contributed by atoms with Crippen LogP contribution in [0.5, 0.6) is 0 Å². The van der Waals surface area contributed by atoms with E-state index >= 15 is 0 Å². The number of benzene rings is 2. The van der Waals surface area contributed by atoms with Crippen LogP contribution < -0.4 is 4.90 Å². The van der Waals surface area contributed by atoms with Gasteiger partial charge in [-0.25, -0.2) is 9.36 Å². The van der Waals surface area contributed by atoms with Crippen LogP contribution in [0.1, 0.15) is 48.5 Å². The van der Waals surface area contributed by atoms with Crippen molar-refractivity contribution < 1.29 is 0 Å². The van der Waals surface area contributed by atoms with Gasteiger partial charge in [-0.3, -0.25) is 4.90 Å². The maximum Gasteiger partial charge on any atom is 0.173 e. The average Bonchev–Trinajstić information content (AvgIpc) is 3.47. The van der Waals surface area contributed by atoms with Crippen molar-refractivity contribution in [1.29, 1.82) is 0 Å². The third-order valence-corrected chi connectivity index (χ3v) is 6.24. The van der Waals surface area contributed by atoms with Crippen LogP contribution in [0, 0.1) is 0 Å². The quantitative estimate of drug-likeness (QED) is 0.454. The molecule has 33 heavy (non-hydrogen) atoms. The molecule has 0 bridgehead atoms. The van der Waals surface area contributed by atoms with Crippen LogP contribution in [0.4, 0.5) is 5.69 Å². The van der Waals surface area contributed by atoms with Gasteiger partial charge in [0.05, 0.1) is 17.9 Å². The van der Waals surface area contributed by atoms with Crippen LogP contribution in [-0.4, -0.2) is 55.5 Å². The fourth-order valence-electron chi connectivity index (χ4n) is 4.50. The summed E-state index contributed by atoms with van der Waals surface area (Å²) in [7, 11) is 4.13. The van der Waals surface area contributed by atoms with Crippen molar-refractivity contribution >= 4 is 5.69 Å². The summed E-state index contributed by atoms with van der Waals surface area (Å²) in [6.45, 7) is 6.85. The summed E-state index contributed by atoms with van der Waals surface area (Å²) < 4.78 is 3.91. The molecule has 2 aromatic carbocycles. The second kappa shape index (κ2) is 8.78. The number of hydrogen-bond acceptors (Lipinski definition) is 6. The Labute approximate surface area is 194 Å². The molecule has 1 aliphatic rings. The third kappa shape index (κ3) is 4.14. The molecule has 5 rings (SSSR count). The van der Waals surface area contributed by atoms with Gasteiger partial charge in [-0.15, -0.1) is 5.10 Å². The Bertz CT molecular complexity index is 1210. The Hall–Kier alpha value is -3.52. The molecule has 2 aromatic heterocycles. The smallest absolute Gasteiger partial charge is 0.173 e. The van der Waals surface area contributed by atoms with Gasteiger partial charge in [-0.1, -0.05) is 44.2 Å². The summed E-state index contributed by atoms with van der Waals surface area (Å²) in [5, 5.41) is 17.7. The lowest BCUT2D eigenvalue weighted by Crippen LogP contribution is -2.39. The second-order valence-electron chi connectivity index (χ2n) is 9.10. The number of hydrogen-bond donors (Lipinski definition) is 0. The standard InChI is InChI=1S/C25H30N8/c1-18(2)23-22(17-33(27-23)21-8-6-5-7-9-21)24-25-26-28-29-32(25)15-14-31(24)16-19-10-12-20(13-11-19)30(3)4/h5-13,17-18,24H,14-16H2,1-4H3. The van der Waals surface area contributed by atoms with Crippen molar-refractivity contribution in [2.24, 2.45) is 0 Å². The summed E-state index contributed by atoms with van der Waals surface area (Å²) in [4.78, 5) is 4.59. The highest BCUT2D eigenvalue weighted by molar-refractivity contribution is 5.46. The van der Waals surface area contributed by atoms with E-state index in [9.17, 15) is 0 Å². The van der Waals surface area contributed by atoms with Crippen LogP contribution in [0.15, 0.2) is 60.8 Å². The van der Waals surface area contributed by atoms with E-state index in [0.29, 0.717) is 0 Å². The molecule has 8 nitrogen and oxygen atoms in total. The largest absolute Gasteiger partial charge is 0.378 e. The molecule has 3 heterocycles. The molecule has 1 unspecified atom stereocenters. The highest BCUT2D eigenvalue weighted by Gasteiger charge is 2.35. The van der Waals surface area contributed by atoms with E-state index in [-0.39, 0.29) is 12.0 Å². The first-order valence-electron chi connectivity index (χ1n) is 11.4. The summed E-state index contributed by atoms with van der Waals surface area (Å²) in [6, 6.07) is 19.0. The predicted molar refractivity (Wildman–Crippen MR) is 128 cm³/mol. The van der Waals surface area contributed by atoms with Gasteiger partial charge in [0.2, 0.25) is 0 Å². The Morgan fingerprint density at radius 1 is 1.00 bits per heavy atom. The molecule has 1 aliphatic heterocycles. The summed E-state index contributed by atoms with van der Waals surface area (Å²) >= 11 is 0. The zero-order chi connectivity index (χ0) is 22.9. The van der Waals surface area contributed by atoms with E-state index in [4.69, 9.17) is 5.10 Å². The average molecular weight is 443 g/mol. The van der Waals surface area contributed by atoms with E-state index in [1.54, 1.807) is 0 Å². The molecule has 0 saturated heterocycles. The van der Waals surface area contributed by atoms with Gasteiger partial charge < -0.3 is 4.90 Å². The van der Waals surface area contributed by atoms with Gasteiger partial charge >= 0.3 is 0 Å². The molecule has 170 valence electrons. The third-order valence-electron chi connectivity index (χ3n) is 6.24. The Balaban J connectivity index is 1.55. The molecular weight excluding hydrogens is 412 g/mol. The molecule has 0 fully saturated rings. The molecule has 0 N–H and O–H groups in total. The number of nitrogens with zero attached hydrogens (tertiary/aromatic N) is 8. The minimum absolute atomic E-state index is 0.0582. The zero-order valence-corrected chi connectivity index (χ0v) is 19.6.